The van der Waals surface area contributed by atoms with E-state index in [0.717, 1.165) is 31.4 Å². The maximum atomic E-state index is 14.1. The van der Waals surface area contributed by atoms with Crippen LogP contribution in [0.25, 0.3) is 0 Å². The van der Waals surface area contributed by atoms with E-state index in [4.69, 9.17) is 4.74 Å². The second-order valence-electron chi connectivity index (χ2n) is 5.49. The number of benzene rings is 1. The monoisotopic (exact) mass is 265 g/mol. The van der Waals surface area contributed by atoms with E-state index in [9.17, 15) is 4.39 Å². The largest absolute Gasteiger partial charge is 0.497 e. The highest BCUT2D eigenvalue weighted by Crippen LogP contribution is 2.41. The first-order valence-corrected chi connectivity index (χ1v) is 7.24. The molecule has 3 heteroatoms. The van der Waals surface area contributed by atoms with Crippen LogP contribution in [-0.2, 0) is 0 Å². The molecule has 0 aromatic heterocycles. The van der Waals surface area contributed by atoms with E-state index in [1.807, 2.05) is 12.1 Å². The fourth-order valence-electron chi connectivity index (χ4n) is 3.16. The number of hydrogen-bond donors (Lipinski definition) is 1. The Balaban J connectivity index is 2.10. The molecular weight excluding hydrogens is 241 g/mol. The van der Waals surface area contributed by atoms with Crippen molar-refractivity contribution in [3.8, 4) is 5.75 Å². The molecule has 1 aromatic carbocycles. The smallest absolute Gasteiger partial charge is 0.130 e. The Bertz CT molecular complexity index is 421. The molecule has 106 valence electrons. The molecular formula is C16H24FNO. The zero-order chi connectivity index (χ0) is 13.8. The summed E-state index contributed by atoms with van der Waals surface area (Å²) in [5.41, 5.74) is 0.842. The molecule has 0 amide bonds. The third-order valence-corrected chi connectivity index (χ3v) is 4.32. The van der Waals surface area contributed by atoms with E-state index < -0.39 is 0 Å². The molecule has 1 saturated carbocycles. The van der Waals surface area contributed by atoms with Crippen LogP contribution in [0.1, 0.15) is 44.6 Å². The van der Waals surface area contributed by atoms with Gasteiger partial charge in [-0.25, -0.2) is 4.39 Å². The van der Waals surface area contributed by atoms with Crippen molar-refractivity contribution in [2.75, 3.05) is 13.7 Å². The van der Waals surface area contributed by atoms with Crippen molar-refractivity contribution in [2.24, 2.45) is 5.92 Å². The molecule has 0 spiro atoms. The lowest BCUT2D eigenvalue weighted by atomic mass is 9.88. The van der Waals surface area contributed by atoms with Crippen LogP contribution >= 0.6 is 0 Å². The van der Waals surface area contributed by atoms with Gasteiger partial charge in [-0.15, -0.1) is 0 Å². The molecule has 1 aliphatic carbocycles. The topological polar surface area (TPSA) is 21.3 Å². The molecule has 0 bridgehead atoms. The molecule has 1 N–H and O–H groups in total. The Labute approximate surface area is 115 Å². The average Bonchev–Trinajstić information content (AvgIpc) is 2.77. The molecule has 3 atom stereocenters. The van der Waals surface area contributed by atoms with E-state index in [0.29, 0.717) is 23.6 Å². The summed E-state index contributed by atoms with van der Waals surface area (Å²) in [5, 5.41) is 3.58. The van der Waals surface area contributed by atoms with Crippen LogP contribution in [-0.4, -0.2) is 19.7 Å². The molecule has 2 rings (SSSR count). The Kier molecular flexibility index (Phi) is 4.81. The van der Waals surface area contributed by atoms with Crippen LogP contribution < -0.4 is 10.1 Å². The number of rotatable bonds is 5. The van der Waals surface area contributed by atoms with Gasteiger partial charge in [0.2, 0.25) is 0 Å². The van der Waals surface area contributed by atoms with Crippen LogP contribution in [0.4, 0.5) is 4.39 Å². The van der Waals surface area contributed by atoms with Gasteiger partial charge >= 0.3 is 0 Å². The SMILES string of the molecule is CCCNC1CCC(c2ccc(OC)cc2F)C1C. The van der Waals surface area contributed by atoms with E-state index >= 15 is 0 Å². The van der Waals surface area contributed by atoms with Crippen molar-refractivity contribution in [1.82, 2.24) is 5.32 Å². The van der Waals surface area contributed by atoms with Crippen molar-refractivity contribution in [1.29, 1.82) is 0 Å². The summed E-state index contributed by atoms with van der Waals surface area (Å²) in [6, 6.07) is 5.76. The van der Waals surface area contributed by atoms with Crippen molar-refractivity contribution in [2.45, 2.75) is 45.1 Å². The van der Waals surface area contributed by atoms with Gasteiger partial charge < -0.3 is 10.1 Å². The lowest BCUT2D eigenvalue weighted by Crippen LogP contribution is -2.32. The number of hydrogen-bond acceptors (Lipinski definition) is 2. The Morgan fingerprint density at radius 2 is 2.16 bits per heavy atom. The number of methoxy groups -OCH3 is 1. The summed E-state index contributed by atoms with van der Waals surface area (Å²) in [4.78, 5) is 0. The van der Waals surface area contributed by atoms with Gasteiger partial charge in [0.25, 0.3) is 0 Å². The maximum absolute atomic E-state index is 14.1. The van der Waals surface area contributed by atoms with Gasteiger partial charge in [-0.05, 0) is 49.3 Å². The molecule has 0 heterocycles. The van der Waals surface area contributed by atoms with Crippen LogP contribution in [0, 0.1) is 11.7 Å². The predicted octanol–water partition coefficient (Wildman–Crippen LogP) is 3.72. The van der Waals surface area contributed by atoms with Crippen LogP contribution in [0.5, 0.6) is 5.75 Å². The van der Waals surface area contributed by atoms with Gasteiger partial charge in [-0.2, -0.15) is 0 Å². The molecule has 1 fully saturated rings. The van der Waals surface area contributed by atoms with Crippen LogP contribution in [0.3, 0.4) is 0 Å². The minimum Gasteiger partial charge on any atom is -0.497 e. The normalized spacial score (nSPS) is 26.6. The molecule has 2 nitrogen and oxygen atoms in total. The van der Waals surface area contributed by atoms with E-state index in [-0.39, 0.29) is 5.82 Å². The first-order valence-electron chi connectivity index (χ1n) is 7.24. The summed E-state index contributed by atoms with van der Waals surface area (Å²) in [6.45, 7) is 5.45. The van der Waals surface area contributed by atoms with Crippen molar-refractivity contribution in [3.63, 3.8) is 0 Å². The van der Waals surface area contributed by atoms with Crippen molar-refractivity contribution < 1.29 is 9.13 Å². The van der Waals surface area contributed by atoms with Gasteiger partial charge in [-0.3, -0.25) is 0 Å². The second kappa shape index (κ2) is 6.38. The summed E-state index contributed by atoms with van der Waals surface area (Å²) < 4.78 is 19.2. The quantitative estimate of drug-likeness (QED) is 0.876. The first kappa shape index (κ1) is 14.3. The molecule has 1 aliphatic rings. The van der Waals surface area contributed by atoms with E-state index in [1.54, 1.807) is 7.11 Å². The molecule has 0 radical (unpaired) electrons. The van der Waals surface area contributed by atoms with Gasteiger partial charge in [0.1, 0.15) is 11.6 Å². The fraction of sp³-hybridized carbons (Fsp3) is 0.625. The molecule has 0 saturated heterocycles. The molecule has 0 aliphatic heterocycles. The van der Waals surface area contributed by atoms with E-state index in [1.165, 1.54) is 6.07 Å². The highest BCUT2D eigenvalue weighted by molar-refractivity contribution is 5.32. The first-order chi connectivity index (χ1) is 9.17. The second-order valence-corrected chi connectivity index (χ2v) is 5.49. The van der Waals surface area contributed by atoms with Crippen LogP contribution in [0.2, 0.25) is 0 Å². The van der Waals surface area contributed by atoms with E-state index in [2.05, 4.69) is 19.2 Å². The Hall–Kier alpha value is -1.09. The standard InChI is InChI=1S/C16H24FNO/c1-4-9-18-16-8-7-13(11(16)2)14-6-5-12(19-3)10-15(14)17/h5-6,10-11,13,16,18H,4,7-9H2,1-3H3. The maximum Gasteiger partial charge on any atom is 0.130 e. The number of ether oxygens (including phenoxy) is 1. The molecule has 1 aromatic rings. The number of nitrogens with one attached hydrogen (secondary N) is 1. The summed E-state index contributed by atoms with van der Waals surface area (Å²) in [6.07, 6.45) is 3.34. The summed E-state index contributed by atoms with van der Waals surface area (Å²) in [7, 11) is 1.57. The third-order valence-electron chi connectivity index (χ3n) is 4.32. The highest BCUT2D eigenvalue weighted by atomic mass is 19.1. The van der Waals surface area contributed by atoms with Crippen molar-refractivity contribution >= 4 is 0 Å². The van der Waals surface area contributed by atoms with Crippen LogP contribution in [0.15, 0.2) is 18.2 Å². The minimum atomic E-state index is -0.132. The zero-order valence-electron chi connectivity index (χ0n) is 12.1. The summed E-state index contributed by atoms with van der Waals surface area (Å²) in [5.74, 6) is 1.26. The summed E-state index contributed by atoms with van der Waals surface area (Å²) >= 11 is 0. The Morgan fingerprint density at radius 1 is 1.37 bits per heavy atom. The number of halogens is 1. The lowest BCUT2D eigenvalue weighted by Gasteiger charge is -2.22. The van der Waals surface area contributed by atoms with Gasteiger partial charge in [0.15, 0.2) is 0 Å². The van der Waals surface area contributed by atoms with Gasteiger partial charge in [0.05, 0.1) is 7.11 Å². The van der Waals surface area contributed by atoms with Gasteiger partial charge in [-0.1, -0.05) is 19.9 Å². The predicted molar refractivity (Wildman–Crippen MR) is 76.2 cm³/mol. The third kappa shape index (κ3) is 3.08. The lowest BCUT2D eigenvalue weighted by molar-refractivity contribution is 0.394. The molecule has 19 heavy (non-hydrogen) atoms. The van der Waals surface area contributed by atoms with Crippen molar-refractivity contribution in [3.05, 3.63) is 29.6 Å². The van der Waals surface area contributed by atoms with Gasteiger partial charge in [0, 0.05) is 12.1 Å². The Morgan fingerprint density at radius 3 is 2.79 bits per heavy atom. The fourth-order valence-corrected chi connectivity index (χ4v) is 3.16. The molecule has 3 unspecified atom stereocenters. The average molecular weight is 265 g/mol. The highest BCUT2D eigenvalue weighted by Gasteiger charge is 2.34. The zero-order valence-corrected chi connectivity index (χ0v) is 12.1. The minimum absolute atomic E-state index is 0.132.